The molecule has 8 heteroatoms. The molecule has 4 aliphatic rings. The highest BCUT2D eigenvalue weighted by molar-refractivity contribution is 5.86. The van der Waals surface area contributed by atoms with E-state index in [2.05, 4.69) is 140 Å². The fraction of sp³-hybridized carbons (Fsp3) is 0.714. The summed E-state index contributed by atoms with van der Waals surface area (Å²) in [7, 11) is 4.59. The van der Waals surface area contributed by atoms with Gasteiger partial charge in [0.2, 0.25) is 11.7 Å². The van der Waals surface area contributed by atoms with Crippen molar-refractivity contribution < 1.29 is 19.4 Å². The Kier molecular flexibility index (Phi) is 15.6. The van der Waals surface area contributed by atoms with Gasteiger partial charge in [-0.3, -0.25) is 28.9 Å². The summed E-state index contributed by atoms with van der Waals surface area (Å²) in [6.45, 7) is 33.1. The number of hydrogen-bond donors (Lipinski definition) is 2. The van der Waals surface area contributed by atoms with E-state index >= 15 is 0 Å². The first-order valence-corrected chi connectivity index (χ1v) is 25.4. The molecule has 0 radical (unpaired) electrons. The molecule has 0 aromatic heterocycles. The molecule has 2 N–H and O–H groups in total. The fourth-order valence-electron chi connectivity index (χ4n) is 11.1. The van der Waals surface area contributed by atoms with Gasteiger partial charge in [0.15, 0.2) is 0 Å². The van der Waals surface area contributed by atoms with E-state index in [-0.39, 0.29) is 33.7 Å². The molecular formula is C56H90N6O2+2. The standard InChI is InChI=1S/C56H88N6O2/c1-53(2,3)43-33-41(49(63)45(35-43)55(7,8)9)37-57-47(25-19-31-61-29-17-23-39-21-15-27-59(13)51(39)61)48(26-20-32-62-30-18-24-40-22-16-28-60(14)52(40)62)58-38-42-34-44(54(4,5)6)36-46(50(42)64)56(10,11)12/h33-40,47-48H,15-32H2,1-14H3/p+2. The number of nitrogens with zero attached hydrogens (tertiary/aromatic N) is 6. The highest BCUT2D eigenvalue weighted by Gasteiger charge is 2.38. The molecule has 8 nitrogen and oxygen atoms in total. The first-order chi connectivity index (χ1) is 29.9. The van der Waals surface area contributed by atoms with Crippen molar-refractivity contribution in [2.24, 2.45) is 21.8 Å². The minimum atomic E-state index is -0.232. The Bertz CT molecular complexity index is 1920. The third-order valence-electron chi connectivity index (χ3n) is 15.0. The van der Waals surface area contributed by atoms with E-state index in [4.69, 9.17) is 9.98 Å². The van der Waals surface area contributed by atoms with E-state index in [9.17, 15) is 10.2 Å². The molecule has 4 unspecified atom stereocenters. The molecule has 0 aliphatic carbocycles. The minimum Gasteiger partial charge on any atom is -0.507 e. The quantitative estimate of drug-likeness (QED) is 0.155. The summed E-state index contributed by atoms with van der Waals surface area (Å²) in [6.07, 6.45) is 18.1. The van der Waals surface area contributed by atoms with E-state index < -0.39 is 0 Å². The van der Waals surface area contributed by atoms with Crippen molar-refractivity contribution in [1.82, 2.24) is 9.80 Å². The summed E-state index contributed by atoms with van der Waals surface area (Å²) in [4.78, 5) is 16.5. The van der Waals surface area contributed by atoms with Crippen LogP contribution in [0.5, 0.6) is 11.5 Å². The zero-order valence-corrected chi connectivity index (χ0v) is 43.1. The number of likely N-dealkylation sites (tertiary alicyclic amines) is 2. The van der Waals surface area contributed by atoms with E-state index in [1.54, 1.807) is 11.7 Å². The van der Waals surface area contributed by atoms with Crippen LogP contribution in [-0.4, -0.2) is 119 Å². The van der Waals surface area contributed by atoms with Gasteiger partial charge < -0.3 is 10.2 Å². The van der Waals surface area contributed by atoms with Crippen LogP contribution in [0.25, 0.3) is 0 Å². The Morgan fingerprint density at radius 3 is 1.27 bits per heavy atom. The van der Waals surface area contributed by atoms with Crippen LogP contribution in [0.1, 0.15) is 194 Å². The molecule has 6 rings (SSSR count). The molecule has 4 heterocycles. The molecule has 354 valence electrons. The number of amidine groups is 2. The second-order valence-electron chi connectivity index (χ2n) is 24.4. The van der Waals surface area contributed by atoms with Crippen molar-refractivity contribution in [2.75, 3.05) is 53.4 Å². The highest BCUT2D eigenvalue weighted by atomic mass is 16.3. The average Bonchev–Trinajstić information content (AvgIpc) is 3.20. The lowest BCUT2D eigenvalue weighted by Crippen LogP contribution is -2.49. The molecular weight excluding hydrogens is 789 g/mol. The Hall–Kier alpha value is -3.68. The van der Waals surface area contributed by atoms with Gasteiger partial charge in [0.1, 0.15) is 11.5 Å². The normalized spacial score (nSPS) is 21.5. The third kappa shape index (κ3) is 12.0. The largest absolute Gasteiger partial charge is 0.507 e. The number of rotatable bonds is 13. The topological polar surface area (TPSA) is 77.7 Å². The number of fused-ring (bicyclic) bond motifs is 2. The second kappa shape index (κ2) is 20.0. The van der Waals surface area contributed by atoms with Gasteiger partial charge >= 0.3 is 0 Å². The van der Waals surface area contributed by atoms with Gasteiger partial charge in [-0.15, -0.1) is 0 Å². The molecule has 2 saturated heterocycles. The minimum absolute atomic E-state index is 0.0911. The van der Waals surface area contributed by atoms with E-state index in [1.165, 1.54) is 62.5 Å². The van der Waals surface area contributed by atoms with Gasteiger partial charge in [0.05, 0.1) is 77.3 Å². The maximum Gasteiger partial charge on any atom is 0.249 e. The van der Waals surface area contributed by atoms with Crippen LogP contribution in [0.3, 0.4) is 0 Å². The Morgan fingerprint density at radius 1 is 0.562 bits per heavy atom. The lowest BCUT2D eigenvalue weighted by Gasteiger charge is -2.34. The monoisotopic (exact) mass is 879 g/mol. The molecule has 4 atom stereocenters. The van der Waals surface area contributed by atoms with Crippen molar-refractivity contribution in [3.8, 4) is 11.5 Å². The van der Waals surface area contributed by atoms with Crippen molar-refractivity contribution in [1.29, 1.82) is 0 Å². The first kappa shape index (κ1) is 49.7. The summed E-state index contributed by atoms with van der Waals surface area (Å²) in [5.41, 5.74) is 5.22. The lowest BCUT2D eigenvalue weighted by molar-refractivity contribution is -0.511. The van der Waals surface area contributed by atoms with Gasteiger partial charge in [0.25, 0.3) is 0 Å². The molecule has 2 fully saturated rings. The number of phenols is 2. The van der Waals surface area contributed by atoms with Crippen LogP contribution in [0.15, 0.2) is 34.3 Å². The van der Waals surface area contributed by atoms with Crippen LogP contribution in [0.4, 0.5) is 0 Å². The maximum absolute atomic E-state index is 11.9. The van der Waals surface area contributed by atoms with Crippen LogP contribution in [0.2, 0.25) is 0 Å². The van der Waals surface area contributed by atoms with Crippen molar-refractivity contribution >= 4 is 24.1 Å². The van der Waals surface area contributed by atoms with Gasteiger partial charge in [-0.2, -0.15) is 0 Å². The lowest BCUT2D eigenvalue weighted by atomic mass is 9.79. The SMILES string of the molecule is C[N+]1=C2C(CCCN2CCCC(N=Cc2cc(C(C)(C)C)cc(C(C)(C)C)c2O)C(CCCN2CCCC3CCC[N+](C)=C32)N=Cc2cc(C(C)(C)C)cc(C(C)(C)C)c2O)CCC1. The Morgan fingerprint density at radius 2 is 0.922 bits per heavy atom. The number of phenolic OH excluding ortho intramolecular Hbond substituents is 2. The van der Waals surface area contributed by atoms with Crippen LogP contribution in [0, 0.1) is 11.8 Å². The Labute approximate surface area is 390 Å². The summed E-state index contributed by atoms with van der Waals surface area (Å²) in [6, 6.07) is 8.47. The van der Waals surface area contributed by atoms with Gasteiger partial charge in [-0.1, -0.05) is 95.2 Å². The number of benzene rings is 2. The van der Waals surface area contributed by atoms with E-state index in [1.807, 2.05) is 12.4 Å². The van der Waals surface area contributed by atoms with Crippen LogP contribution < -0.4 is 0 Å². The molecule has 0 bridgehead atoms. The molecule has 2 aromatic carbocycles. The molecule has 4 aliphatic heterocycles. The van der Waals surface area contributed by atoms with Gasteiger partial charge in [0, 0.05) is 34.7 Å². The highest BCUT2D eigenvalue weighted by Crippen LogP contribution is 2.39. The number of hydrogen-bond acceptors (Lipinski definition) is 6. The second-order valence-corrected chi connectivity index (χ2v) is 24.4. The molecule has 0 saturated carbocycles. The molecule has 2 aromatic rings. The van der Waals surface area contributed by atoms with Gasteiger partial charge in [-0.25, -0.2) is 0 Å². The Balaban J connectivity index is 1.41. The number of aromatic hydroxyl groups is 2. The van der Waals surface area contributed by atoms with Crippen LogP contribution >= 0.6 is 0 Å². The maximum atomic E-state index is 11.9. The third-order valence-corrected chi connectivity index (χ3v) is 15.0. The van der Waals surface area contributed by atoms with Crippen molar-refractivity contribution in [3.05, 3.63) is 57.6 Å². The molecule has 0 amide bonds. The predicted molar refractivity (Wildman–Crippen MR) is 271 cm³/mol. The first-order valence-electron chi connectivity index (χ1n) is 25.4. The summed E-state index contributed by atoms with van der Waals surface area (Å²) >= 11 is 0. The summed E-state index contributed by atoms with van der Waals surface area (Å²) < 4.78 is 5.07. The van der Waals surface area contributed by atoms with Crippen molar-refractivity contribution in [2.45, 2.75) is 194 Å². The summed E-state index contributed by atoms with van der Waals surface area (Å²) in [5, 5.41) is 23.9. The zero-order valence-electron chi connectivity index (χ0n) is 43.1. The molecule has 64 heavy (non-hydrogen) atoms. The fourth-order valence-corrected chi connectivity index (χ4v) is 11.1. The van der Waals surface area contributed by atoms with Gasteiger partial charge in [-0.05, 0) is 122 Å². The smallest absolute Gasteiger partial charge is 0.249 e. The number of piperidine rings is 2. The average molecular weight is 879 g/mol. The zero-order chi connectivity index (χ0) is 46.8. The predicted octanol–water partition coefficient (Wildman–Crippen LogP) is 11.2. The molecule has 0 spiro atoms. The van der Waals surface area contributed by atoms with Crippen molar-refractivity contribution in [3.63, 3.8) is 0 Å². The van der Waals surface area contributed by atoms with E-state index in [0.29, 0.717) is 23.3 Å². The van der Waals surface area contributed by atoms with Crippen LogP contribution in [-0.2, 0) is 21.7 Å². The summed E-state index contributed by atoms with van der Waals surface area (Å²) in [5.74, 6) is 5.12. The van der Waals surface area contributed by atoms with E-state index in [0.717, 1.165) is 87.2 Å². The number of aliphatic imine (C=N–C) groups is 2.